The van der Waals surface area contributed by atoms with Gasteiger partial charge in [-0.1, -0.05) is 42.5 Å². The predicted molar refractivity (Wildman–Crippen MR) is 106 cm³/mol. The van der Waals surface area contributed by atoms with E-state index in [9.17, 15) is 0 Å². The maximum Gasteiger partial charge on any atom is 0.488 e. The first kappa shape index (κ1) is 18.0. The Labute approximate surface area is 160 Å². The van der Waals surface area contributed by atoms with Gasteiger partial charge in [0.15, 0.2) is 5.82 Å². The molecule has 10 heteroatoms. The number of fused-ring (bicyclic) bond motifs is 1. The monoisotopic (exact) mass is 375 g/mol. The van der Waals surface area contributed by atoms with E-state index in [0.29, 0.717) is 36.0 Å². The van der Waals surface area contributed by atoms with Crippen molar-refractivity contribution in [2.45, 2.75) is 13.1 Å². The zero-order chi connectivity index (χ0) is 19.5. The van der Waals surface area contributed by atoms with Crippen molar-refractivity contribution in [3.63, 3.8) is 0 Å². The Morgan fingerprint density at radius 1 is 1.07 bits per heavy atom. The van der Waals surface area contributed by atoms with E-state index in [2.05, 4.69) is 30.5 Å². The highest BCUT2D eigenvalue weighted by atomic mass is 16.4. The first-order valence-corrected chi connectivity index (χ1v) is 8.70. The number of hydrogen-bond donors (Lipinski definition) is 5. The van der Waals surface area contributed by atoms with Crippen molar-refractivity contribution < 1.29 is 10.0 Å². The Morgan fingerprint density at radius 3 is 2.64 bits per heavy atom. The number of H-pyrrole nitrogens is 1. The van der Waals surface area contributed by atoms with Crippen LogP contribution in [0.5, 0.6) is 0 Å². The Balaban J connectivity index is 1.55. The van der Waals surface area contributed by atoms with Gasteiger partial charge < -0.3 is 21.1 Å². The quantitative estimate of drug-likeness (QED) is 0.300. The Kier molecular flexibility index (Phi) is 4.98. The number of rotatable bonds is 6. The lowest BCUT2D eigenvalue weighted by molar-refractivity contribution is 0.426. The summed E-state index contributed by atoms with van der Waals surface area (Å²) in [4.78, 5) is 12.9. The summed E-state index contributed by atoms with van der Waals surface area (Å²) in [5.41, 5.74) is 9.62. The Bertz CT molecular complexity index is 1100. The highest BCUT2D eigenvalue weighted by Crippen LogP contribution is 2.25. The van der Waals surface area contributed by atoms with E-state index in [4.69, 9.17) is 15.8 Å². The first-order valence-electron chi connectivity index (χ1n) is 8.70. The number of para-hydroxylation sites is 1. The minimum Gasteiger partial charge on any atom is -0.423 e. The van der Waals surface area contributed by atoms with Crippen molar-refractivity contribution in [2.75, 3.05) is 5.32 Å². The topological polar surface area (TPSA) is 146 Å². The first-order chi connectivity index (χ1) is 13.7. The van der Waals surface area contributed by atoms with Gasteiger partial charge in [-0.05, 0) is 16.6 Å². The molecule has 0 saturated heterocycles. The molecule has 0 bridgehead atoms. The number of nitrogens with one attached hydrogen (secondary N) is 2. The second-order valence-corrected chi connectivity index (χ2v) is 6.22. The van der Waals surface area contributed by atoms with Crippen LogP contribution in [0.25, 0.3) is 22.4 Å². The Morgan fingerprint density at radius 2 is 1.89 bits per heavy atom. The molecule has 0 saturated carbocycles. The average molecular weight is 375 g/mol. The third-order valence-corrected chi connectivity index (χ3v) is 4.41. The molecule has 2 heterocycles. The molecule has 2 aromatic carbocycles. The van der Waals surface area contributed by atoms with Crippen molar-refractivity contribution >= 4 is 29.4 Å². The van der Waals surface area contributed by atoms with Crippen LogP contribution in [-0.4, -0.2) is 42.3 Å². The van der Waals surface area contributed by atoms with Gasteiger partial charge in [0.1, 0.15) is 12.0 Å². The molecule has 4 rings (SSSR count). The third-order valence-electron chi connectivity index (χ3n) is 4.41. The second-order valence-electron chi connectivity index (χ2n) is 6.22. The molecule has 0 aliphatic carbocycles. The third kappa shape index (κ3) is 3.56. The molecule has 140 valence electrons. The van der Waals surface area contributed by atoms with Gasteiger partial charge >= 0.3 is 7.12 Å². The molecule has 0 unspecified atom stereocenters. The van der Waals surface area contributed by atoms with Crippen molar-refractivity contribution in [3.8, 4) is 11.5 Å². The van der Waals surface area contributed by atoms with Crippen LogP contribution in [0, 0.1) is 0 Å². The number of aromatic nitrogens is 5. The minimum absolute atomic E-state index is 0.401. The molecule has 28 heavy (non-hydrogen) atoms. The number of hydrogen-bond acceptors (Lipinski definition) is 8. The largest absolute Gasteiger partial charge is 0.488 e. The Hall–Kier alpha value is -3.34. The maximum atomic E-state index is 9.15. The minimum atomic E-state index is -1.47. The van der Waals surface area contributed by atoms with Crippen LogP contribution in [-0.2, 0) is 13.1 Å². The summed E-state index contributed by atoms with van der Waals surface area (Å²) in [6.07, 6.45) is 1.44. The van der Waals surface area contributed by atoms with Gasteiger partial charge in [0.05, 0.1) is 5.52 Å². The fourth-order valence-electron chi connectivity index (χ4n) is 2.92. The van der Waals surface area contributed by atoms with Gasteiger partial charge in [0.25, 0.3) is 0 Å². The maximum absolute atomic E-state index is 9.15. The summed E-state index contributed by atoms with van der Waals surface area (Å²) in [6.45, 7) is 0.879. The van der Waals surface area contributed by atoms with Crippen molar-refractivity contribution in [1.82, 2.24) is 25.1 Å². The van der Waals surface area contributed by atoms with Crippen LogP contribution in [0.3, 0.4) is 0 Å². The van der Waals surface area contributed by atoms with Crippen molar-refractivity contribution in [2.24, 2.45) is 5.73 Å². The standard InChI is InChI=1S/C18H18BN7O2/c20-8-12-2-1-3-14-15(12)25-26-16(14)17-22-10-23-18(24-17)21-9-11-4-6-13(7-5-11)19(27)28/h1-7,10,27-28H,8-9,20H2,(H,25,26)(H,21,22,23,24). The summed E-state index contributed by atoms with van der Waals surface area (Å²) in [5.74, 6) is 0.905. The van der Waals surface area contributed by atoms with Crippen LogP contribution < -0.4 is 16.5 Å². The van der Waals surface area contributed by atoms with Crippen LogP contribution in [0.2, 0.25) is 0 Å². The number of benzene rings is 2. The SMILES string of the molecule is NCc1cccc2c(-c3ncnc(NCc4ccc(B(O)O)cc4)n3)[nH]nc12. The summed E-state index contributed by atoms with van der Waals surface area (Å²) in [7, 11) is -1.47. The molecule has 0 spiro atoms. The summed E-state index contributed by atoms with van der Waals surface area (Å²) in [6, 6.07) is 12.7. The van der Waals surface area contributed by atoms with E-state index in [1.807, 2.05) is 18.2 Å². The van der Waals surface area contributed by atoms with E-state index in [-0.39, 0.29) is 0 Å². The van der Waals surface area contributed by atoms with Gasteiger partial charge in [-0.15, -0.1) is 0 Å². The van der Waals surface area contributed by atoms with E-state index in [0.717, 1.165) is 22.0 Å². The molecule has 4 aromatic rings. The molecule has 0 aliphatic heterocycles. The van der Waals surface area contributed by atoms with E-state index in [1.54, 1.807) is 24.3 Å². The molecule has 0 amide bonds. The second kappa shape index (κ2) is 7.73. The zero-order valence-corrected chi connectivity index (χ0v) is 14.9. The van der Waals surface area contributed by atoms with Crippen molar-refractivity contribution in [3.05, 3.63) is 59.9 Å². The lowest BCUT2D eigenvalue weighted by atomic mass is 9.80. The summed E-state index contributed by atoms with van der Waals surface area (Å²) >= 11 is 0. The van der Waals surface area contributed by atoms with Crippen LogP contribution in [0.1, 0.15) is 11.1 Å². The number of nitrogens with two attached hydrogens (primary N) is 1. The van der Waals surface area contributed by atoms with E-state index < -0.39 is 7.12 Å². The molecular formula is C18H18BN7O2. The zero-order valence-electron chi connectivity index (χ0n) is 14.9. The van der Waals surface area contributed by atoms with Gasteiger partial charge in [0.2, 0.25) is 5.95 Å². The number of anilines is 1. The fraction of sp³-hybridized carbons (Fsp3) is 0.111. The lowest BCUT2D eigenvalue weighted by Crippen LogP contribution is -2.29. The molecule has 9 nitrogen and oxygen atoms in total. The van der Waals surface area contributed by atoms with Crippen molar-refractivity contribution in [1.29, 1.82) is 0 Å². The molecule has 2 aromatic heterocycles. The predicted octanol–water partition coefficient (Wildman–Crippen LogP) is 0.165. The molecule has 6 N–H and O–H groups in total. The highest BCUT2D eigenvalue weighted by Gasteiger charge is 2.13. The smallest absolute Gasteiger partial charge is 0.423 e. The van der Waals surface area contributed by atoms with Gasteiger partial charge in [-0.3, -0.25) is 5.10 Å². The van der Waals surface area contributed by atoms with Crippen LogP contribution >= 0.6 is 0 Å². The number of aromatic amines is 1. The van der Waals surface area contributed by atoms with Crippen LogP contribution in [0.4, 0.5) is 5.95 Å². The van der Waals surface area contributed by atoms with Gasteiger partial charge in [-0.25, -0.2) is 9.97 Å². The van der Waals surface area contributed by atoms with Gasteiger partial charge in [0, 0.05) is 18.5 Å². The summed E-state index contributed by atoms with van der Waals surface area (Å²) in [5, 5.41) is 29.7. The summed E-state index contributed by atoms with van der Waals surface area (Å²) < 4.78 is 0. The molecule has 0 atom stereocenters. The number of nitrogens with zero attached hydrogens (tertiary/aromatic N) is 4. The normalized spacial score (nSPS) is 11.0. The fourth-order valence-corrected chi connectivity index (χ4v) is 2.92. The van der Waals surface area contributed by atoms with E-state index >= 15 is 0 Å². The van der Waals surface area contributed by atoms with Gasteiger partial charge in [-0.2, -0.15) is 10.1 Å². The molecule has 0 fully saturated rings. The van der Waals surface area contributed by atoms with E-state index in [1.165, 1.54) is 6.33 Å². The highest BCUT2D eigenvalue weighted by molar-refractivity contribution is 6.58. The molecular weight excluding hydrogens is 357 g/mol. The average Bonchev–Trinajstić information content (AvgIpc) is 3.17. The van der Waals surface area contributed by atoms with Crippen LogP contribution in [0.15, 0.2) is 48.8 Å². The molecule has 0 aliphatic rings. The molecule has 0 radical (unpaired) electrons. The lowest BCUT2D eigenvalue weighted by Gasteiger charge is -2.07.